The highest BCUT2D eigenvalue weighted by Crippen LogP contribution is 2.33. The van der Waals surface area contributed by atoms with Crippen LogP contribution in [0.1, 0.15) is 11.4 Å². The molecule has 4 nitrogen and oxygen atoms in total. The van der Waals surface area contributed by atoms with Crippen molar-refractivity contribution in [3.8, 4) is 11.3 Å². The predicted molar refractivity (Wildman–Crippen MR) is 91.4 cm³/mol. The maximum atomic E-state index is 12.8. The van der Waals surface area contributed by atoms with Crippen LogP contribution in [0.3, 0.4) is 0 Å². The Kier molecular flexibility index (Phi) is 5.59. The van der Waals surface area contributed by atoms with Gasteiger partial charge < -0.3 is 9.30 Å². The fraction of sp³-hybridized carbons (Fsp3) is 0.500. The third-order valence-corrected chi connectivity index (χ3v) is 4.89. The number of halogens is 3. The molecule has 2 aromatic rings. The van der Waals surface area contributed by atoms with Gasteiger partial charge in [-0.25, -0.2) is 15.0 Å². The number of hydrogen-bond acceptors (Lipinski definition) is 3. The Labute approximate surface area is 141 Å². The summed E-state index contributed by atoms with van der Waals surface area (Å²) in [4.78, 5) is 7.60. The molecule has 0 aliphatic carbocycles. The van der Waals surface area contributed by atoms with E-state index in [0.717, 1.165) is 23.7 Å². The Morgan fingerprint density at radius 3 is 2.54 bits per heavy atom. The lowest BCUT2D eigenvalue weighted by Crippen LogP contribution is -2.10. The molecule has 8 heteroatoms. The van der Waals surface area contributed by atoms with E-state index in [1.165, 1.54) is 6.07 Å². The number of alkyl halides is 3. The van der Waals surface area contributed by atoms with E-state index in [0.29, 0.717) is 24.6 Å². The van der Waals surface area contributed by atoms with Crippen LogP contribution in [0.25, 0.3) is 11.3 Å². The maximum Gasteiger partial charge on any atom is 0.433 e. The van der Waals surface area contributed by atoms with Crippen LogP contribution < -0.4 is 0 Å². The molecule has 2 heterocycles. The van der Waals surface area contributed by atoms with Gasteiger partial charge in [-0.05, 0) is 37.8 Å². The fourth-order valence-electron chi connectivity index (χ4n) is 2.06. The van der Waals surface area contributed by atoms with Gasteiger partial charge >= 0.3 is 6.18 Å². The Balaban J connectivity index is 2.10. The topological polar surface area (TPSA) is 39.9 Å². The predicted octanol–water partition coefficient (Wildman–Crippen LogP) is 3.94. The van der Waals surface area contributed by atoms with Gasteiger partial charge in [0.05, 0.1) is 18.6 Å². The number of ether oxygens (including phenoxy) is 1. The highest BCUT2D eigenvalue weighted by atomic mass is 32.3. The Morgan fingerprint density at radius 2 is 1.92 bits per heavy atom. The molecule has 2 aromatic heterocycles. The average Bonchev–Trinajstić information content (AvgIpc) is 2.83. The van der Waals surface area contributed by atoms with Crippen molar-refractivity contribution in [1.29, 1.82) is 0 Å². The van der Waals surface area contributed by atoms with E-state index in [4.69, 9.17) is 4.74 Å². The number of imidazole rings is 1. The van der Waals surface area contributed by atoms with Crippen molar-refractivity contribution in [1.82, 2.24) is 14.5 Å². The van der Waals surface area contributed by atoms with Gasteiger partial charge in [-0.3, -0.25) is 4.98 Å². The molecule has 0 aliphatic heterocycles. The van der Waals surface area contributed by atoms with E-state index < -0.39 is 21.9 Å². The number of nitrogens with zero attached hydrogens (tertiary/aromatic N) is 3. The van der Waals surface area contributed by atoms with Gasteiger partial charge in [0.1, 0.15) is 12.4 Å². The van der Waals surface area contributed by atoms with E-state index >= 15 is 0 Å². The lowest BCUT2D eigenvalue weighted by molar-refractivity contribution is -0.141. The fourth-order valence-corrected chi connectivity index (χ4v) is 2.68. The summed E-state index contributed by atoms with van der Waals surface area (Å²) in [5.41, 5.74) is 0.747. The largest absolute Gasteiger partial charge is 0.433 e. The first-order valence-corrected chi connectivity index (χ1v) is 10.4. The Hall–Kier alpha value is -1.54. The van der Waals surface area contributed by atoms with Crippen LogP contribution >= 0.6 is 10.0 Å². The van der Waals surface area contributed by atoms with Crippen molar-refractivity contribution in [3.05, 3.63) is 36.0 Å². The molecule has 0 saturated carbocycles. The smallest absolute Gasteiger partial charge is 0.360 e. The summed E-state index contributed by atoms with van der Waals surface area (Å²) in [6.07, 6.45) is 4.93. The van der Waals surface area contributed by atoms with Crippen LogP contribution in [-0.2, 0) is 17.6 Å². The molecule has 0 amide bonds. The highest BCUT2D eigenvalue weighted by Gasteiger charge is 2.32. The van der Waals surface area contributed by atoms with Crippen molar-refractivity contribution < 1.29 is 17.9 Å². The standard InChI is InChI=1S/C16H22F3N3OS/c1-12-15(13-5-6-20-14(9-13)16(17,18)19)21-10-22(12)11-23-7-8-24(2,3)4/h5-6,9-10H,7-8,11H2,1-4H3. The molecule has 2 rings (SSSR count). The molecule has 0 spiro atoms. The summed E-state index contributed by atoms with van der Waals surface area (Å²) in [5, 5.41) is 0. The molecule has 0 aliphatic rings. The van der Waals surface area contributed by atoms with E-state index in [1.54, 1.807) is 10.9 Å². The monoisotopic (exact) mass is 361 g/mol. The number of aromatic nitrogens is 3. The summed E-state index contributed by atoms with van der Waals surface area (Å²) in [7, 11) is -0.609. The Morgan fingerprint density at radius 1 is 1.21 bits per heavy atom. The van der Waals surface area contributed by atoms with Crippen LogP contribution in [0.2, 0.25) is 0 Å². The van der Waals surface area contributed by atoms with Gasteiger partial charge in [0.15, 0.2) is 0 Å². The van der Waals surface area contributed by atoms with Crippen LogP contribution in [-0.4, -0.2) is 45.7 Å². The molecule has 0 saturated heterocycles. The first kappa shape index (κ1) is 18.8. The average molecular weight is 361 g/mol. The molecule has 0 bridgehead atoms. The first-order chi connectivity index (χ1) is 11.1. The second-order valence-corrected chi connectivity index (χ2v) is 11.0. The number of pyridine rings is 1. The SMILES string of the molecule is Cc1c(-c2ccnc(C(F)(F)F)c2)ncn1COCCS(C)(C)C. The zero-order chi connectivity index (χ0) is 18.0. The van der Waals surface area contributed by atoms with Crippen molar-refractivity contribution in [2.45, 2.75) is 19.8 Å². The van der Waals surface area contributed by atoms with E-state index in [1.807, 2.05) is 6.92 Å². The van der Waals surface area contributed by atoms with E-state index in [9.17, 15) is 13.2 Å². The second-order valence-electron chi connectivity index (χ2n) is 6.41. The zero-order valence-electron chi connectivity index (χ0n) is 14.2. The number of hydrogen-bond donors (Lipinski definition) is 0. The summed E-state index contributed by atoms with van der Waals surface area (Å²) >= 11 is 0. The summed E-state index contributed by atoms with van der Waals surface area (Å²) in [6.45, 7) is 2.80. The summed E-state index contributed by atoms with van der Waals surface area (Å²) < 4.78 is 45.8. The number of rotatable bonds is 6. The first-order valence-electron chi connectivity index (χ1n) is 7.37. The molecule has 0 atom stereocenters. The molecule has 0 fully saturated rings. The van der Waals surface area contributed by atoms with Gasteiger partial charge in [-0.15, -0.1) is 0 Å². The van der Waals surface area contributed by atoms with Crippen molar-refractivity contribution in [2.75, 3.05) is 31.1 Å². The van der Waals surface area contributed by atoms with Gasteiger partial charge in [-0.2, -0.15) is 13.2 Å². The Bertz CT molecular complexity index is 693. The molecule has 0 radical (unpaired) electrons. The minimum absolute atomic E-state index is 0.339. The van der Waals surface area contributed by atoms with Crippen LogP contribution in [0.4, 0.5) is 13.2 Å². The lowest BCUT2D eigenvalue weighted by Gasteiger charge is -2.24. The van der Waals surface area contributed by atoms with Crippen LogP contribution in [0.15, 0.2) is 24.7 Å². The van der Waals surface area contributed by atoms with Gasteiger partial charge in [-0.1, -0.05) is 0 Å². The minimum atomic E-state index is -4.47. The molecular formula is C16H22F3N3OS. The van der Waals surface area contributed by atoms with Crippen molar-refractivity contribution in [2.24, 2.45) is 0 Å². The molecule has 134 valence electrons. The van der Waals surface area contributed by atoms with Crippen molar-refractivity contribution in [3.63, 3.8) is 0 Å². The minimum Gasteiger partial charge on any atom is -0.360 e. The molecule has 0 N–H and O–H groups in total. The van der Waals surface area contributed by atoms with Crippen molar-refractivity contribution >= 4 is 10.0 Å². The highest BCUT2D eigenvalue weighted by molar-refractivity contribution is 8.32. The van der Waals surface area contributed by atoms with E-state index in [-0.39, 0.29) is 0 Å². The molecule has 0 aromatic carbocycles. The zero-order valence-corrected chi connectivity index (χ0v) is 15.0. The van der Waals surface area contributed by atoms with Gasteiger partial charge in [0.2, 0.25) is 0 Å². The third kappa shape index (κ3) is 4.98. The lowest BCUT2D eigenvalue weighted by atomic mass is 10.1. The maximum absolute atomic E-state index is 12.8. The third-order valence-electron chi connectivity index (χ3n) is 3.49. The normalized spacial score (nSPS) is 13.3. The molecular weight excluding hydrogens is 339 g/mol. The summed E-state index contributed by atoms with van der Waals surface area (Å²) in [6, 6.07) is 2.54. The van der Waals surface area contributed by atoms with Gasteiger partial charge in [0, 0.05) is 23.2 Å². The molecule has 0 unspecified atom stereocenters. The van der Waals surface area contributed by atoms with Crippen LogP contribution in [0, 0.1) is 6.92 Å². The second kappa shape index (κ2) is 7.14. The van der Waals surface area contributed by atoms with E-state index in [2.05, 4.69) is 28.7 Å². The van der Waals surface area contributed by atoms with Crippen LogP contribution in [0.5, 0.6) is 0 Å². The quantitative estimate of drug-likeness (QED) is 0.732. The summed E-state index contributed by atoms with van der Waals surface area (Å²) in [5.74, 6) is 1.01. The van der Waals surface area contributed by atoms with Gasteiger partial charge in [0.25, 0.3) is 0 Å². The molecule has 24 heavy (non-hydrogen) atoms.